The van der Waals surface area contributed by atoms with Gasteiger partial charge in [-0.25, -0.2) is 8.42 Å². The van der Waals surface area contributed by atoms with Crippen molar-refractivity contribution in [3.05, 3.63) is 24.5 Å². The van der Waals surface area contributed by atoms with Crippen molar-refractivity contribution in [3.63, 3.8) is 0 Å². The van der Waals surface area contributed by atoms with Gasteiger partial charge in [-0.15, -0.1) is 0 Å². The Morgan fingerprint density at radius 2 is 2.33 bits per heavy atom. The molecule has 1 heterocycles. The van der Waals surface area contributed by atoms with Gasteiger partial charge in [-0.3, -0.25) is 9.71 Å². The maximum atomic E-state index is 10.9. The Hall–Kier alpha value is -1.14. The van der Waals surface area contributed by atoms with Crippen molar-refractivity contribution in [1.82, 2.24) is 4.98 Å². The van der Waals surface area contributed by atoms with Crippen LogP contribution in [0.4, 0.5) is 5.69 Å². The summed E-state index contributed by atoms with van der Waals surface area (Å²) in [6.07, 6.45) is 2.97. The monoisotopic (exact) mass is 187 g/mol. The van der Waals surface area contributed by atoms with E-state index in [4.69, 9.17) is 5.73 Å². The summed E-state index contributed by atoms with van der Waals surface area (Å²) in [5.74, 6) is -0.429. The molecular weight excluding hydrogens is 178 g/mol. The van der Waals surface area contributed by atoms with Crippen molar-refractivity contribution < 1.29 is 8.42 Å². The molecule has 0 bridgehead atoms. The summed E-state index contributed by atoms with van der Waals surface area (Å²) >= 11 is 0. The second-order valence-corrected chi connectivity index (χ2v) is 3.89. The van der Waals surface area contributed by atoms with E-state index in [1.54, 1.807) is 18.3 Å². The number of sulfonamides is 1. The van der Waals surface area contributed by atoms with Crippen LogP contribution in [-0.2, 0) is 10.0 Å². The predicted octanol–water partition coefficient (Wildman–Crippen LogP) is -0.261. The van der Waals surface area contributed by atoms with Crippen LogP contribution < -0.4 is 10.5 Å². The van der Waals surface area contributed by atoms with Gasteiger partial charge < -0.3 is 5.73 Å². The number of hydrogen-bond donors (Lipinski definition) is 2. The molecule has 6 heteroatoms. The SMILES string of the molecule is NCS(=O)(=O)Nc1cccnc1. The minimum absolute atomic E-state index is 0.419. The first-order valence-corrected chi connectivity index (χ1v) is 4.90. The molecule has 0 unspecified atom stereocenters. The van der Waals surface area contributed by atoms with Gasteiger partial charge in [0.15, 0.2) is 0 Å². The minimum Gasteiger partial charge on any atom is -0.316 e. The van der Waals surface area contributed by atoms with Gasteiger partial charge in [0.25, 0.3) is 0 Å². The largest absolute Gasteiger partial charge is 0.316 e. The van der Waals surface area contributed by atoms with Crippen molar-refractivity contribution in [3.8, 4) is 0 Å². The third kappa shape index (κ3) is 2.48. The zero-order valence-corrected chi connectivity index (χ0v) is 7.08. The fraction of sp³-hybridized carbons (Fsp3) is 0.167. The molecule has 0 saturated heterocycles. The molecule has 0 saturated carbocycles. The average molecular weight is 187 g/mol. The van der Waals surface area contributed by atoms with E-state index < -0.39 is 15.9 Å². The van der Waals surface area contributed by atoms with Gasteiger partial charge in [-0.05, 0) is 12.1 Å². The van der Waals surface area contributed by atoms with E-state index in [0.29, 0.717) is 5.69 Å². The van der Waals surface area contributed by atoms with Crippen molar-refractivity contribution in [2.75, 3.05) is 10.6 Å². The minimum atomic E-state index is -3.38. The highest BCUT2D eigenvalue weighted by Crippen LogP contribution is 2.04. The van der Waals surface area contributed by atoms with Crippen LogP contribution in [0.1, 0.15) is 0 Å². The van der Waals surface area contributed by atoms with E-state index >= 15 is 0 Å². The van der Waals surface area contributed by atoms with Gasteiger partial charge in [-0.2, -0.15) is 0 Å². The Balaban J connectivity index is 2.78. The molecule has 0 radical (unpaired) electrons. The van der Waals surface area contributed by atoms with Crippen LogP contribution >= 0.6 is 0 Å². The zero-order valence-electron chi connectivity index (χ0n) is 6.27. The second kappa shape index (κ2) is 3.51. The number of nitrogens with zero attached hydrogens (tertiary/aromatic N) is 1. The van der Waals surface area contributed by atoms with Gasteiger partial charge in [-0.1, -0.05) is 0 Å². The number of nitrogens with two attached hydrogens (primary N) is 1. The molecule has 0 aliphatic carbocycles. The van der Waals surface area contributed by atoms with Crippen LogP contribution in [0, 0.1) is 0 Å². The molecule has 1 rings (SSSR count). The van der Waals surface area contributed by atoms with Gasteiger partial charge in [0.1, 0.15) is 5.88 Å². The first-order valence-electron chi connectivity index (χ1n) is 3.24. The van der Waals surface area contributed by atoms with Crippen LogP contribution in [0.15, 0.2) is 24.5 Å². The number of pyridine rings is 1. The predicted molar refractivity (Wildman–Crippen MR) is 45.8 cm³/mol. The van der Waals surface area contributed by atoms with E-state index in [9.17, 15) is 8.42 Å². The second-order valence-electron chi connectivity index (χ2n) is 2.13. The lowest BCUT2D eigenvalue weighted by Gasteiger charge is -2.03. The molecule has 12 heavy (non-hydrogen) atoms. The summed E-state index contributed by atoms with van der Waals surface area (Å²) in [6.45, 7) is 0. The molecule has 0 aliphatic rings. The van der Waals surface area contributed by atoms with E-state index in [1.165, 1.54) is 6.20 Å². The summed E-state index contributed by atoms with van der Waals surface area (Å²) < 4.78 is 24.1. The summed E-state index contributed by atoms with van der Waals surface area (Å²) in [4.78, 5) is 3.74. The first kappa shape index (κ1) is 8.95. The molecule has 5 nitrogen and oxygen atoms in total. The van der Waals surface area contributed by atoms with Crippen molar-refractivity contribution in [2.45, 2.75) is 0 Å². The summed E-state index contributed by atoms with van der Waals surface area (Å²) in [7, 11) is -3.38. The number of hydrogen-bond acceptors (Lipinski definition) is 4. The van der Waals surface area contributed by atoms with Gasteiger partial charge >= 0.3 is 0 Å². The highest BCUT2D eigenvalue weighted by molar-refractivity contribution is 7.92. The van der Waals surface area contributed by atoms with Gasteiger partial charge in [0.05, 0.1) is 11.9 Å². The smallest absolute Gasteiger partial charge is 0.245 e. The molecule has 1 aromatic rings. The fourth-order valence-corrected chi connectivity index (χ4v) is 1.21. The standard InChI is InChI=1S/C6H9N3O2S/c7-5-12(10,11)9-6-2-1-3-8-4-6/h1-4,9H,5,7H2. The molecule has 1 aromatic heterocycles. The van der Waals surface area contributed by atoms with E-state index in [2.05, 4.69) is 9.71 Å². The zero-order chi connectivity index (χ0) is 9.03. The lowest BCUT2D eigenvalue weighted by molar-refractivity contribution is 0.601. The van der Waals surface area contributed by atoms with Crippen LogP contribution in [0.3, 0.4) is 0 Å². The normalized spacial score (nSPS) is 11.1. The van der Waals surface area contributed by atoms with E-state index in [1.807, 2.05) is 0 Å². The van der Waals surface area contributed by atoms with Crippen molar-refractivity contribution >= 4 is 15.7 Å². The van der Waals surface area contributed by atoms with E-state index in [-0.39, 0.29) is 0 Å². The third-order valence-corrected chi connectivity index (χ3v) is 2.14. The fourth-order valence-electron chi connectivity index (χ4n) is 0.644. The van der Waals surface area contributed by atoms with Gasteiger partial charge in [0, 0.05) is 6.20 Å². The molecule has 3 N–H and O–H groups in total. The summed E-state index contributed by atoms with van der Waals surface area (Å²) in [5, 5.41) is 0. The molecule has 0 fully saturated rings. The molecule has 0 aromatic carbocycles. The van der Waals surface area contributed by atoms with Crippen LogP contribution in [0.25, 0.3) is 0 Å². The number of anilines is 1. The highest BCUT2D eigenvalue weighted by atomic mass is 32.2. The topological polar surface area (TPSA) is 85.1 Å². The van der Waals surface area contributed by atoms with Crippen molar-refractivity contribution in [1.29, 1.82) is 0 Å². The molecule has 66 valence electrons. The molecule has 0 atom stereocenters. The Labute approximate surface area is 70.7 Å². The highest BCUT2D eigenvalue weighted by Gasteiger charge is 2.05. The maximum absolute atomic E-state index is 10.9. The molecule has 0 aliphatic heterocycles. The Morgan fingerprint density at radius 3 is 2.83 bits per heavy atom. The van der Waals surface area contributed by atoms with Crippen LogP contribution in [0.2, 0.25) is 0 Å². The lowest BCUT2D eigenvalue weighted by Crippen LogP contribution is -2.22. The lowest BCUT2D eigenvalue weighted by atomic mass is 10.4. The third-order valence-electron chi connectivity index (χ3n) is 1.15. The molecule has 0 amide bonds. The first-order chi connectivity index (χ1) is 5.64. The number of nitrogens with one attached hydrogen (secondary N) is 1. The van der Waals surface area contributed by atoms with Crippen LogP contribution in [0.5, 0.6) is 0 Å². The Bertz CT molecular complexity index is 335. The summed E-state index contributed by atoms with van der Waals surface area (Å²) in [5.41, 5.74) is 5.40. The summed E-state index contributed by atoms with van der Waals surface area (Å²) in [6, 6.07) is 3.23. The quantitative estimate of drug-likeness (QED) is 0.682. The molecular formula is C6H9N3O2S. The molecule has 0 spiro atoms. The van der Waals surface area contributed by atoms with Crippen LogP contribution in [-0.4, -0.2) is 19.3 Å². The average Bonchev–Trinajstić information content (AvgIpc) is 2.06. The number of aromatic nitrogens is 1. The maximum Gasteiger partial charge on any atom is 0.245 e. The van der Waals surface area contributed by atoms with E-state index in [0.717, 1.165) is 0 Å². The Morgan fingerprint density at radius 1 is 1.58 bits per heavy atom. The van der Waals surface area contributed by atoms with Crippen molar-refractivity contribution in [2.24, 2.45) is 5.73 Å². The Kier molecular flexibility index (Phi) is 2.61. The van der Waals surface area contributed by atoms with Gasteiger partial charge in [0.2, 0.25) is 10.0 Å². The number of rotatable bonds is 3.